The highest BCUT2D eigenvalue weighted by atomic mass is 32.2. The first-order valence-corrected chi connectivity index (χ1v) is 8.97. The van der Waals surface area contributed by atoms with E-state index >= 15 is 0 Å². The summed E-state index contributed by atoms with van der Waals surface area (Å²) in [7, 11) is 1.99. The molecule has 6 heteroatoms. The van der Waals surface area contributed by atoms with Gasteiger partial charge in [0.2, 0.25) is 0 Å². The predicted octanol–water partition coefficient (Wildman–Crippen LogP) is 4.08. The van der Waals surface area contributed by atoms with E-state index in [0.29, 0.717) is 15.8 Å². The normalized spacial score (nSPS) is 17.4. The number of hydrogen-bond acceptors (Lipinski definition) is 4. The zero-order chi connectivity index (χ0) is 18.3. The third-order valence-electron chi connectivity index (χ3n) is 4.30. The average molecular weight is 363 g/mol. The molecule has 1 aliphatic heterocycles. The maximum Gasteiger partial charge on any atom is 0.264 e. The van der Waals surface area contributed by atoms with Gasteiger partial charge in [-0.2, -0.15) is 0 Å². The molecular weight excluding hydrogens is 346 g/mol. The van der Waals surface area contributed by atoms with Gasteiger partial charge in [-0.1, -0.05) is 30.3 Å². The van der Waals surface area contributed by atoms with Crippen LogP contribution in [0.3, 0.4) is 0 Å². The van der Waals surface area contributed by atoms with E-state index in [0.717, 1.165) is 22.0 Å². The van der Waals surface area contributed by atoms with Crippen molar-refractivity contribution in [2.24, 2.45) is 12.0 Å². The maximum absolute atomic E-state index is 12.3. The molecule has 4 rings (SSSR count). The second-order valence-electron chi connectivity index (χ2n) is 6.14. The van der Waals surface area contributed by atoms with E-state index in [-0.39, 0.29) is 11.7 Å². The van der Waals surface area contributed by atoms with Crippen LogP contribution in [0.2, 0.25) is 0 Å². The van der Waals surface area contributed by atoms with E-state index in [1.807, 2.05) is 61.1 Å². The lowest BCUT2D eigenvalue weighted by Gasteiger charge is -2.03. The highest BCUT2D eigenvalue weighted by Crippen LogP contribution is 2.34. The summed E-state index contributed by atoms with van der Waals surface area (Å²) >= 11 is 1.27. The zero-order valence-electron chi connectivity index (χ0n) is 14.4. The third kappa shape index (κ3) is 2.88. The molecule has 1 aromatic heterocycles. The minimum absolute atomic E-state index is 0.0961. The Hall–Kier alpha value is -2.99. The number of fused-ring (bicyclic) bond motifs is 1. The molecule has 130 valence electrons. The van der Waals surface area contributed by atoms with E-state index in [4.69, 9.17) is 0 Å². The van der Waals surface area contributed by atoms with Crippen LogP contribution in [0.4, 0.5) is 5.69 Å². The van der Waals surface area contributed by atoms with Crippen LogP contribution in [0.15, 0.2) is 58.6 Å². The van der Waals surface area contributed by atoms with Gasteiger partial charge in [0.15, 0.2) is 5.17 Å². The first-order valence-electron chi connectivity index (χ1n) is 8.15. The molecule has 2 N–H and O–H groups in total. The lowest BCUT2D eigenvalue weighted by molar-refractivity contribution is -0.115. The summed E-state index contributed by atoms with van der Waals surface area (Å²) in [6.07, 6.45) is 3.89. The number of benzene rings is 2. The number of amidine groups is 1. The van der Waals surface area contributed by atoms with Crippen molar-refractivity contribution in [3.05, 3.63) is 64.7 Å². The van der Waals surface area contributed by atoms with Crippen LogP contribution in [-0.2, 0) is 11.8 Å². The number of nitrogens with one attached hydrogen (secondary N) is 1. The fourth-order valence-electron chi connectivity index (χ4n) is 3.00. The first kappa shape index (κ1) is 16.5. The number of thioether (sulfide) groups is 1. The minimum atomic E-state index is -0.185. The summed E-state index contributed by atoms with van der Waals surface area (Å²) in [4.78, 5) is 17.3. The predicted molar refractivity (Wildman–Crippen MR) is 107 cm³/mol. The fraction of sp³-hybridized carbons (Fsp3) is 0.100. The largest absolute Gasteiger partial charge is 0.506 e. The van der Waals surface area contributed by atoms with E-state index in [2.05, 4.69) is 10.3 Å². The molecule has 0 bridgehead atoms. The molecule has 1 amide bonds. The Morgan fingerprint density at radius 1 is 1.19 bits per heavy atom. The zero-order valence-corrected chi connectivity index (χ0v) is 15.2. The number of aromatic nitrogens is 1. The number of carbonyl (C=O) groups excluding carboxylic acids is 1. The maximum atomic E-state index is 12.3. The van der Waals surface area contributed by atoms with E-state index in [9.17, 15) is 9.90 Å². The molecule has 2 aromatic carbocycles. The van der Waals surface area contributed by atoms with E-state index < -0.39 is 0 Å². The van der Waals surface area contributed by atoms with Crippen molar-refractivity contribution in [1.82, 2.24) is 9.88 Å². The van der Waals surface area contributed by atoms with Crippen molar-refractivity contribution in [2.45, 2.75) is 6.92 Å². The van der Waals surface area contributed by atoms with Gasteiger partial charge in [0.05, 0.1) is 4.91 Å². The van der Waals surface area contributed by atoms with Crippen molar-refractivity contribution in [3.63, 3.8) is 0 Å². The number of phenolic OH excluding ortho intramolecular Hbond substituents is 1. The summed E-state index contributed by atoms with van der Waals surface area (Å²) in [6.45, 7) is 1.87. The fourth-order valence-corrected chi connectivity index (χ4v) is 3.82. The lowest BCUT2D eigenvalue weighted by atomic mass is 10.1. The van der Waals surface area contributed by atoms with Crippen molar-refractivity contribution in [3.8, 4) is 5.75 Å². The quantitative estimate of drug-likeness (QED) is 0.674. The summed E-state index contributed by atoms with van der Waals surface area (Å²) in [5.74, 6) is -0.0893. The second kappa shape index (κ2) is 6.38. The number of aryl methyl sites for hydroxylation is 2. The topological polar surface area (TPSA) is 66.6 Å². The molecule has 26 heavy (non-hydrogen) atoms. The Labute approximate surface area is 155 Å². The van der Waals surface area contributed by atoms with Gasteiger partial charge in [0.1, 0.15) is 11.4 Å². The molecule has 0 aliphatic carbocycles. The average Bonchev–Trinajstić information content (AvgIpc) is 3.12. The van der Waals surface area contributed by atoms with Crippen molar-refractivity contribution < 1.29 is 9.90 Å². The summed E-state index contributed by atoms with van der Waals surface area (Å²) in [5, 5.41) is 14.3. The molecule has 2 heterocycles. The van der Waals surface area contributed by atoms with Gasteiger partial charge >= 0.3 is 0 Å². The Balaban J connectivity index is 1.70. The summed E-state index contributed by atoms with van der Waals surface area (Å²) in [6, 6.07) is 13.3. The number of hydrogen-bond donors (Lipinski definition) is 2. The molecule has 0 saturated carbocycles. The van der Waals surface area contributed by atoms with Crippen LogP contribution in [0.25, 0.3) is 17.0 Å². The number of amides is 1. The third-order valence-corrected chi connectivity index (χ3v) is 5.20. The number of nitrogens with zero attached hydrogens (tertiary/aromatic N) is 2. The lowest BCUT2D eigenvalue weighted by Crippen LogP contribution is -2.19. The monoisotopic (exact) mass is 363 g/mol. The Kier molecular flexibility index (Phi) is 4.05. The van der Waals surface area contributed by atoms with Gasteiger partial charge < -0.3 is 15.0 Å². The highest BCUT2D eigenvalue weighted by molar-refractivity contribution is 8.18. The number of para-hydroxylation sites is 2. The van der Waals surface area contributed by atoms with E-state index in [1.54, 1.807) is 12.1 Å². The van der Waals surface area contributed by atoms with Crippen LogP contribution < -0.4 is 5.32 Å². The molecule has 5 nitrogen and oxygen atoms in total. The smallest absolute Gasteiger partial charge is 0.264 e. The standard InChI is InChI=1S/C20H17N3O2S/c1-12-6-5-9-16(24)18(12)21-20-22-19(25)17(26-20)10-13-11-23(2)15-8-4-3-7-14(13)15/h3-11,24H,1-2H3,(H,21,22,25)/b17-10-. The summed E-state index contributed by atoms with van der Waals surface area (Å²) in [5.41, 5.74) is 3.42. The molecule has 3 aromatic rings. The van der Waals surface area contributed by atoms with Crippen molar-refractivity contribution in [1.29, 1.82) is 0 Å². The summed E-state index contributed by atoms with van der Waals surface area (Å²) < 4.78 is 2.04. The Bertz CT molecular complexity index is 1080. The highest BCUT2D eigenvalue weighted by Gasteiger charge is 2.25. The van der Waals surface area contributed by atoms with Gasteiger partial charge in [0, 0.05) is 29.7 Å². The Morgan fingerprint density at radius 2 is 2.00 bits per heavy atom. The van der Waals surface area contributed by atoms with Crippen LogP contribution in [0.1, 0.15) is 11.1 Å². The first-order chi connectivity index (χ1) is 12.5. The Morgan fingerprint density at radius 3 is 2.81 bits per heavy atom. The number of rotatable bonds is 2. The molecule has 0 unspecified atom stereocenters. The molecular formula is C20H17N3O2S. The van der Waals surface area contributed by atoms with Crippen LogP contribution in [0.5, 0.6) is 5.75 Å². The molecule has 1 aliphatic rings. The van der Waals surface area contributed by atoms with Crippen molar-refractivity contribution in [2.75, 3.05) is 0 Å². The van der Waals surface area contributed by atoms with E-state index in [1.165, 1.54) is 11.8 Å². The van der Waals surface area contributed by atoms with Crippen LogP contribution >= 0.6 is 11.8 Å². The van der Waals surface area contributed by atoms with Gasteiger partial charge in [-0.25, -0.2) is 4.99 Å². The molecule has 1 saturated heterocycles. The van der Waals surface area contributed by atoms with Crippen LogP contribution in [0, 0.1) is 6.92 Å². The molecule has 1 fully saturated rings. The van der Waals surface area contributed by atoms with Crippen LogP contribution in [-0.4, -0.2) is 20.7 Å². The number of carbonyl (C=O) groups is 1. The van der Waals surface area contributed by atoms with Gasteiger partial charge in [-0.05, 0) is 42.5 Å². The van der Waals surface area contributed by atoms with Gasteiger partial charge in [-0.3, -0.25) is 4.79 Å². The number of aliphatic imine (C=N–C) groups is 1. The van der Waals surface area contributed by atoms with Gasteiger partial charge in [-0.15, -0.1) is 0 Å². The second-order valence-corrected chi connectivity index (χ2v) is 7.17. The molecule has 0 spiro atoms. The SMILES string of the molecule is Cc1cccc(O)c1N=C1NC(=O)/C(=C/c2cn(C)c3ccccc23)S1. The molecule has 0 radical (unpaired) electrons. The minimum Gasteiger partial charge on any atom is -0.506 e. The molecule has 0 atom stereocenters. The van der Waals surface area contributed by atoms with Crippen molar-refractivity contribution >= 4 is 45.5 Å². The number of aromatic hydroxyl groups is 1. The van der Waals surface area contributed by atoms with Gasteiger partial charge in [0.25, 0.3) is 5.91 Å². The number of phenols is 1.